The molecule has 0 aliphatic carbocycles. The molecule has 10 nitrogen and oxygen atoms in total. The molecule has 2 aromatic heterocycles. The van der Waals surface area contributed by atoms with Crippen LogP contribution in [-0.4, -0.2) is 50.5 Å². The van der Waals surface area contributed by atoms with Crippen LogP contribution < -0.4 is 16.2 Å². The number of nitrogens with one attached hydrogen (secondary N) is 1. The zero-order valence-electron chi connectivity index (χ0n) is 11.0. The number of hydrogen-bond donors (Lipinski definition) is 2. The van der Waals surface area contributed by atoms with Crippen molar-refractivity contribution in [2.45, 2.75) is 6.10 Å². The lowest BCUT2D eigenvalue weighted by Gasteiger charge is -2.29. The van der Waals surface area contributed by atoms with E-state index in [1.54, 1.807) is 18.5 Å². The molecule has 0 spiro atoms. The van der Waals surface area contributed by atoms with E-state index in [1.165, 1.54) is 4.68 Å². The van der Waals surface area contributed by atoms with Crippen molar-refractivity contribution >= 4 is 11.9 Å². The van der Waals surface area contributed by atoms with Crippen molar-refractivity contribution in [3.63, 3.8) is 0 Å². The van der Waals surface area contributed by atoms with E-state index in [1.807, 2.05) is 4.90 Å². The Bertz CT molecular complexity index is 650. The molecule has 1 atom stereocenters. The van der Waals surface area contributed by atoms with Crippen LogP contribution in [0.15, 0.2) is 18.5 Å². The Balaban J connectivity index is 1.94. The normalized spacial score (nSPS) is 18.3. The third-order valence-electron chi connectivity index (χ3n) is 2.94. The highest BCUT2D eigenvalue weighted by atomic mass is 16.5. The van der Waals surface area contributed by atoms with Gasteiger partial charge in [0.2, 0.25) is 11.9 Å². The highest BCUT2D eigenvalue weighted by molar-refractivity contribution is 5.40. The van der Waals surface area contributed by atoms with Crippen molar-refractivity contribution in [3.8, 4) is 12.0 Å². The SMILES string of the molecule is N#CC1CN(c2nc(NN)nc(-n3cccn3)n2)CCO1. The molecule has 3 rings (SSSR count). The van der Waals surface area contributed by atoms with Crippen molar-refractivity contribution in [1.82, 2.24) is 24.7 Å². The van der Waals surface area contributed by atoms with Crippen molar-refractivity contribution in [2.75, 3.05) is 30.0 Å². The summed E-state index contributed by atoms with van der Waals surface area (Å²) in [6, 6.07) is 3.84. The Morgan fingerprint density at radius 2 is 2.24 bits per heavy atom. The van der Waals surface area contributed by atoms with Gasteiger partial charge in [0.05, 0.1) is 19.2 Å². The Morgan fingerprint density at radius 1 is 1.38 bits per heavy atom. The zero-order chi connectivity index (χ0) is 14.7. The second kappa shape index (κ2) is 5.70. The molecule has 1 aliphatic heterocycles. The van der Waals surface area contributed by atoms with Crippen LogP contribution in [0.1, 0.15) is 0 Å². The van der Waals surface area contributed by atoms with Gasteiger partial charge < -0.3 is 9.64 Å². The molecule has 0 radical (unpaired) electrons. The van der Waals surface area contributed by atoms with Crippen molar-refractivity contribution in [2.24, 2.45) is 5.84 Å². The number of hydrazine groups is 1. The Morgan fingerprint density at radius 3 is 2.95 bits per heavy atom. The lowest BCUT2D eigenvalue weighted by molar-refractivity contribution is 0.0758. The highest BCUT2D eigenvalue weighted by Crippen LogP contribution is 2.15. The molecular formula is C11H13N9O. The quantitative estimate of drug-likeness (QED) is 0.543. The van der Waals surface area contributed by atoms with E-state index in [4.69, 9.17) is 15.8 Å². The average molecular weight is 287 g/mol. The smallest absolute Gasteiger partial charge is 0.257 e. The van der Waals surface area contributed by atoms with E-state index in [2.05, 4.69) is 31.5 Å². The summed E-state index contributed by atoms with van der Waals surface area (Å²) in [5.41, 5.74) is 2.41. The first-order valence-corrected chi connectivity index (χ1v) is 6.29. The minimum Gasteiger partial charge on any atom is -0.360 e. The first kappa shape index (κ1) is 13.2. The molecule has 2 aromatic rings. The second-order valence-electron chi connectivity index (χ2n) is 4.29. The molecule has 108 valence electrons. The van der Waals surface area contributed by atoms with E-state index in [0.29, 0.717) is 31.6 Å². The number of nitrogens with two attached hydrogens (primary N) is 1. The molecule has 3 N–H and O–H groups in total. The fraction of sp³-hybridized carbons (Fsp3) is 0.364. The van der Waals surface area contributed by atoms with Crippen LogP contribution in [0, 0.1) is 11.3 Å². The summed E-state index contributed by atoms with van der Waals surface area (Å²) in [5.74, 6) is 6.39. The third kappa shape index (κ3) is 2.73. The van der Waals surface area contributed by atoms with Gasteiger partial charge in [-0.05, 0) is 6.07 Å². The predicted octanol–water partition coefficient (Wildman–Crippen LogP) is -0.928. The van der Waals surface area contributed by atoms with Gasteiger partial charge in [0.25, 0.3) is 5.95 Å². The van der Waals surface area contributed by atoms with E-state index < -0.39 is 6.10 Å². The molecule has 3 heterocycles. The van der Waals surface area contributed by atoms with Gasteiger partial charge in [-0.2, -0.15) is 25.3 Å². The Hall–Kier alpha value is -2.77. The summed E-state index contributed by atoms with van der Waals surface area (Å²) in [6.07, 6.45) is 2.84. The average Bonchev–Trinajstić information content (AvgIpc) is 3.09. The fourth-order valence-electron chi connectivity index (χ4n) is 1.96. The molecule has 1 saturated heterocycles. The molecule has 0 aromatic carbocycles. The molecule has 0 amide bonds. The van der Waals surface area contributed by atoms with Gasteiger partial charge in [-0.1, -0.05) is 0 Å². The lowest BCUT2D eigenvalue weighted by atomic mass is 10.3. The summed E-state index contributed by atoms with van der Waals surface area (Å²) >= 11 is 0. The number of morpholine rings is 1. The van der Waals surface area contributed by atoms with E-state index >= 15 is 0 Å². The van der Waals surface area contributed by atoms with E-state index in [9.17, 15) is 0 Å². The summed E-state index contributed by atoms with van der Waals surface area (Å²) in [4.78, 5) is 14.6. The van der Waals surface area contributed by atoms with E-state index in [0.717, 1.165) is 0 Å². The highest BCUT2D eigenvalue weighted by Gasteiger charge is 2.23. The van der Waals surface area contributed by atoms with Crippen LogP contribution in [0.4, 0.5) is 11.9 Å². The maximum atomic E-state index is 8.96. The molecule has 10 heteroatoms. The summed E-state index contributed by atoms with van der Waals surface area (Å²) in [6.45, 7) is 1.42. The molecular weight excluding hydrogens is 274 g/mol. The van der Waals surface area contributed by atoms with Gasteiger partial charge >= 0.3 is 0 Å². The lowest BCUT2D eigenvalue weighted by Crippen LogP contribution is -2.43. The number of nitrogen functional groups attached to an aromatic ring is 1. The predicted molar refractivity (Wildman–Crippen MR) is 72.3 cm³/mol. The van der Waals surface area contributed by atoms with Crippen molar-refractivity contribution < 1.29 is 4.74 Å². The van der Waals surface area contributed by atoms with Gasteiger partial charge in [0, 0.05) is 18.9 Å². The number of anilines is 2. The first-order valence-electron chi connectivity index (χ1n) is 6.29. The summed E-state index contributed by atoms with van der Waals surface area (Å²) in [7, 11) is 0. The second-order valence-corrected chi connectivity index (χ2v) is 4.29. The topological polar surface area (TPSA) is 131 Å². The van der Waals surface area contributed by atoms with Gasteiger partial charge in [-0.3, -0.25) is 5.43 Å². The first-order chi connectivity index (χ1) is 10.3. The summed E-state index contributed by atoms with van der Waals surface area (Å²) < 4.78 is 6.81. The third-order valence-corrected chi connectivity index (χ3v) is 2.94. The number of rotatable bonds is 3. The molecule has 0 bridgehead atoms. The van der Waals surface area contributed by atoms with Gasteiger partial charge in [-0.15, -0.1) is 0 Å². The Labute approximate surface area is 120 Å². The fourth-order valence-corrected chi connectivity index (χ4v) is 1.96. The number of nitriles is 1. The van der Waals surface area contributed by atoms with Crippen molar-refractivity contribution in [3.05, 3.63) is 18.5 Å². The standard InChI is InChI=1S/C11H13N9O/c12-6-8-7-19(4-5-21-8)10-15-9(18-13)16-11(17-10)20-3-1-2-14-20/h1-3,8H,4-5,7,13H2,(H,15,16,17,18). The zero-order valence-corrected chi connectivity index (χ0v) is 11.0. The van der Waals surface area contributed by atoms with Crippen LogP contribution in [0.25, 0.3) is 5.95 Å². The Kier molecular flexibility index (Phi) is 3.59. The minimum atomic E-state index is -0.502. The monoisotopic (exact) mass is 287 g/mol. The van der Waals surface area contributed by atoms with Crippen LogP contribution in [0.3, 0.4) is 0 Å². The van der Waals surface area contributed by atoms with Crippen LogP contribution in [0.2, 0.25) is 0 Å². The maximum absolute atomic E-state index is 8.96. The molecule has 1 unspecified atom stereocenters. The largest absolute Gasteiger partial charge is 0.360 e. The van der Waals surface area contributed by atoms with Gasteiger partial charge in [0.1, 0.15) is 0 Å². The molecule has 1 aliphatic rings. The molecule has 0 saturated carbocycles. The number of nitrogens with zero attached hydrogens (tertiary/aromatic N) is 7. The minimum absolute atomic E-state index is 0.227. The van der Waals surface area contributed by atoms with Gasteiger partial charge in [0.15, 0.2) is 6.10 Å². The molecule has 21 heavy (non-hydrogen) atoms. The van der Waals surface area contributed by atoms with Crippen LogP contribution in [0.5, 0.6) is 0 Å². The van der Waals surface area contributed by atoms with Crippen LogP contribution in [-0.2, 0) is 4.74 Å². The van der Waals surface area contributed by atoms with E-state index in [-0.39, 0.29) is 5.95 Å². The van der Waals surface area contributed by atoms with Gasteiger partial charge in [-0.25, -0.2) is 10.5 Å². The van der Waals surface area contributed by atoms with Crippen LogP contribution >= 0.6 is 0 Å². The number of hydrogen-bond acceptors (Lipinski definition) is 9. The summed E-state index contributed by atoms with van der Waals surface area (Å²) in [5, 5.41) is 13.0. The van der Waals surface area contributed by atoms with Crippen molar-refractivity contribution in [1.29, 1.82) is 5.26 Å². The maximum Gasteiger partial charge on any atom is 0.257 e. The number of ether oxygens (including phenoxy) is 1. The number of aromatic nitrogens is 5. The molecule has 1 fully saturated rings.